The molecule has 3 rings (SSSR count). The van der Waals surface area contributed by atoms with Gasteiger partial charge in [0.2, 0.25) is 0 Å². The monoisotopic (exact) mass is 436 g/mol. The van der Waals surface area contributed by atoms with Crippen LogP contribution in [0.3, 0.4) is 0 Å². The fourth-order valence-corrected chi connectivity index (χ4v) is 5.03. The molecule has 3 heteroatoms. The molecule has 2 aromatic rings. The molecule has 1 aliphatic heterocycles. The number of benzene rings is 1. The molecule has 168 valence electrons. The Bertz CT molecular complexity index is 754. The van der Waals surface area contributed by atoms with E-state index in [0.717, 1.165) is 18.7 Å². The van der Waals surface area contributed by atoms with Crippen molar-refractivity contribution in [1.82, 2.24) is 9.88 Å². The third kappa shape index (κ3) is 9.21. The molecule has 0 saturated heterocycles. The predicted molar refractivity (Wildman–Crippen MR) is 136 cm³/mol. The summed E-state index contributed by atoms with van der Waals surface area (Å²) in [5, 5.41) is 0. The molecule has 0 aliphatic carbocycles. The summed E-state index contributed by atoms with van der Waals surface area (Å²) in [6, 6.07) is 14.9. The highest BCUT2D eigenvalue weighted by molar-refractivity contribution is 7.99. The predicted octanol–water partition coefficient (Wildman–Crippen LogP) is 8.24. The van der Waals surface area contributed by atoms with Crippen molar-refractivity contribution in [3.8, 4) is 0 Å². The molecule has 2 nitrogen and oxygen atoms in total. The van der Waals surface area contributed by atoms with Crippen molar-refractivity contribution in [3.63, 3.8) is 0 Å². The summed E-state index contributed by atoms with van der Waals surface area (Å²) in [5.41, 5.74) is 2.56. The number of pyridine rings is 1. The van der Waals surface area contributed by atoms with Gasteiger partial charge in [0, 0.05) is 29.1 Å². The van der Waals surface area contributed by atoms with E-state index < -0.39 is 0 Å². The molecule has 0 amide bonds. The van der Waals surface area contributed by atoms with Gasteiger partial charge in [0.25, 0.3) is 0 Å². The van der Waals surface area contributed by atoms with Gasteiger partial charge in [-0.3, -0.25) is 9.88 Å². The number of rotatable bonds is 14. The zero-order chi connectivity index (χ0) is 21.6. The van der Waals surface area contributed by atoms with Gasteiger partial charge in [0.05, 0.1) is 5.69 Å². The maximum absolute atomic E-state index is 4.74. The fraction of sp³-hybridized carbons (Fsp3) is 0.536. The van der Waals surface area contributed by atoms with Crippen LogP contribution in [-0.2, 0) is 0 Å². The van der Waals surface area contributed by atoms with Gasteiger partial charge in [-0.2, -0.15) is 0 Å². The van der Waals surface area contributed by atoms with Gasteiger partial charge in [0.1, 0.15) is 0 Å². The quantitative estimate of drug-likeness (QED) is 0.277. The smallest absolute Gasteiger partial charge is 0.0660 e. The molecule has 0 fully saturated rings. The summed E-state index contributed by atoms with van der Waals surface area (Å²) in [5.74, 6) is 0. The van der Waals surface area contributed by atoms with E-state index in [0.29, 0.717) is 0 Å². The Balaban J connectivity index is 1.29. The maximum Gasteiger partial charge on any atom is 0.0660 e. The molecule has 0 bridgehead atoms. The van der Waals surface area contributed by atoms with Crippen LogP contribution < -0.4 is 0 Å². The van der Waals surface area contributed by atoms with Gasteiger partial charge in [-0.15, -0.1) is 0 Å². The Kier molecular flexibility index (Phi) is 11.2. The normalized spacial score (nSPS) is 14.5. The minimum atomic E-state index is 1.08. The van der Waals surface area contributed by atoms with Crippen molar-refractivity contribution in [1.29, 1.82) is 0 Å². The van der Waals surface area contributed by atoms with Crippen molar-refractivity contribution in [2.75, 3.05) is 19.6 Å². The summed E-state index contributed by atoms with van der Waals surface area (Å²) in [6.07, 6.45) is 19.7. The second-order valence-electron chi connectivity index (χ2n) is 8.76. The topological polar surface area (TPSA) is 16.1 Å². The van der Waals surface area contributed by atoms with Crippen LogP contribution in [0.2, 0.25) is 0 Å². The van der Waals surface area contributed by atoms with Gasteiger partial charge in [0.15, 0.2) is 0 Å². The highest BCUT2D eigenvalue weighted by Gasteiger charge is 2.13. The Morgan fingerprint density at radius 2 is 1.52 bits per heavy atom. The molecular formula is C28H40N2S. The van der Waals surface area contributed by atoms with Crippen molar-refractivity contribution in [2.45, 2.75) is 87.3 Å². The molecule has 0 radical (unpaired) electrons. The van der Waals surface area contributed by atoms with Crippen LogP contribution in [0, 0.1) is 0 Å². The van der Waals surface area contributed by atoms with Crippen LogP contribution in [0.4, 0.5) is 0 Å². The zero-order valence-corrected chi connectivity index (χ0v) is 20.2. The number of hydrogen-bond acceptors (Lipinski definition) is 3. The average molecular weight is 437 g/mol. The zero-order valence-electron chi connectivity index (χ0n) is 19.4. The molecule has 31 heavy (non-hydrogen) atoms. The SMILES string of the molecule is CCCCCCCCCCCCN1CC=C(c2ccc(Sc3ccccc3)cn2)CC1. The second kappa shape index (κ2) is 14.5. The van der Waals surface area contributed by atoms with E-state index in [1.165, 1.54) is 92.7 Å². The molecule has 0 N–H and O–H groups in total. The third-order valence-corrected chi connectivity index (χ3v) is 7.15. The van der Waals surface area contributed by atoms with E-state index in [9.17, 15) is 0 Å². The molecule has 0 atom stereocenters. The largest absolute Gasteiger partial charge is 0.299 e. The lowest BCUT2D eigenvalue weighted by molar-refractivity contribution is 0.293. The molecule has 1 aliphatic rings. The average Bonchev–Trinajstić information content (AvgIpc) is 2.82. The molecular weight excluding hydrogens is 396 g/mol. The number of aromatic nitrogens is 1. The number of unbranched alkanes of at least 4 members (excludes halogenated alkanes) is 9. The van der Waals surface area contributed by atoms with Crippen LogP contribution in [0.5, 0.6) is 0 Å². The van der Waals surface area contributed by atoms with E-state index in [1.54, 1.807) is 11.8 Å². The van der Waals surface area contributed by atoms with Crippen molar-refractivity contribution >= 4 is 17.3 Å². The lowest BCUT2D eigenvalue weighted by atomic mass is 10.0. The van der Waals surface area contributed by atoms with E-state index in [2.05, 4.69) is 60.4 Å². The van der Waals surface area contributed by atoms with E-state index >= 15 is 0 Å². The Morgan fingerprint density at radius 1 is 0.806 bits per heavy atom. The first-order valence-electron chi connectivity index (χ1n) is 12.5. The van der Waals surface area contributed by atoms with Gasteiger partial charge in [-0.1, -0.05) is 101 Å². The van der Waals surface area contributed by atoms with Crippen LogP contribution in [-0.4, -0.2) is 29.5 Å². The molecule has 1 aromatic heterocycles. The maximum atomic E-state index is 4.74. The van der Waals surface area contributed by atoms with Crippen molar-refractivity contribution < 1.29 is 0 Å². The first kappa shape index (κ1) is 24.1. The Morgan fingerprint density at radius 3 is 2.13 bits per heavy atom. The summed E-state index contributed by atoms with van der Waals surface area (Å²) >= 11 is 1.77. The van der Waals surface area contributed by atoms with Crippen LogP contribution in [0.1, 0.15) is 83.2 Å². The highest BCUT2D eigenvalue weighted by atomic mass is 32.2. The summed E-state index contributed by atoms with van der Waals surface area (Å²) in [4.78, 5) is 9.81. The van der Waals surface area contributed by atoms with E-state index in [-0.39, 0.29) is 0 Å². The number of nitrogens with zero attached hydrogens (tertiary/aromatic N) is 2. The van der Waals surface area contributed by atoms with E-state index in [4.69, 9.17) is 4.98 Å². The second-order valence-corrected chi connectivity index (χ2v) is 9.90. The van der Waals surface area contributed by atoms with Gasteiger partial charge in [-0.25, -0.2) is 0 Å². The van der Waals surface area contributed by atoms with Gasteiger partial charge >= 0.3 is 0 Å². The first-order valence-corrected chi connectivity index (χ1v) is 13.3. The summed E-state index contributed by atoms with van der Waals surface area (Å²) < 4.78 is 0. The van der Waals surface area contributed by atoms with Crippen LogP contribution in [0.15, 0.2) is 64.5 Å². The Hall–Kier alpha value is -1.58. The number of hydrogen-bond donors (Lipinski definition) is 0. The molecule has 1 aromatic carbocycles. The summed E-state index contributed by atoms with van der Waals surface area (Å²) in [6.45, 7) is 5.79. The van der Waals surface area contributed by atoms with Gasteiger partial charge < -0.3 is 0 Å². The standard InChI is InChI=1S/C28H40N2S/c1-2-3-4-5-6-7-8-9-10-14-21-30-22-19-25(20-23-30)28-18-17-27(24-29-28)31-26-15-12-11-13-16-26/h11-13,15-19,24H,2-10,14,20-23H2,1H3. The third-order valence-electron chi connectivity index (χ3n) is 6.17. The molecule has 0 unspecified atom stereocenters. The minimum Gasteiger partial charge on any atom is -0.299 e. The fourth-order valence-electron chi connectivity index (χ4n) is 4.23. The van der Waals surface area contributed by atoms with Crippen molar-refractivity contribution in [2.24, 2.45) is 0 Å². The van der Waals surface area contributed by atoms with Gasteiger partial charge in [-0.05, 0) is 49.2 Å². The highest BCUT2D eigenvalue weighted by Crippen LogP contribution is 2.28. The molecule has 0 spiro atoms. The Labute approximate surface area is 194 Å². The minimum absolute atomic E-state index is 1.08. The lowest BCUT2D eigenvalue weighted by Crippen LogP contribution is -2.29. The van der Waals surface area contributed by atoms with E-state index in [1.807, 2.05) is 6.20 Å². The van der Waals surface area contributed by atoms with Crippen LogP contribution >= 0.6 is 11.8 Å². The molecule has 0 saturated carbocycles. The lowest BCUT2D eigenvalue weighted by Gasteiger charge is -2.26. The first-order chi connectivity index (χ1) is 15.3. The van der Waals surface area contributed by atoms with Crippen molar-refractivity contribution in [3.05, 3.63) is 60.4 Å². The van der Waals surface area contributed by atoms with Crippen LogP contribution in [0.25, 0.3) is 5.57 Å². The molecule has 2 heterocycles. The summed E-state index contributed by atoms with van der Waals surface area (Å²) in [7, 11) is 0.